The molecule has 0 aromatic heterocycles. The van der Waals surface area contributed by atoms with Crippen molar-refractivity contribution in [2.45, 2.75) is 167 Å². The number of ether oxygens (including phenoxy) is 17. The Kier molecular flexibility index (Phi) is 47.8. The molecule has 0 bridgehead atoms. The normalized spacial score (nSPS) is 23.9. The van der Waals surface area contributed by atoms with Crippen molar-refractivity contribution in [3.05, 3.63) is 23.4 Å². The maximum Gasteiger partial charge on any atom is 0.255 e. The van der Waals surface area contributed by atoms with Crippen LogP contribution < -0.4 is 5.32 Å². The molecule has 5 aliphatic rings. The van der Waals surface area contributed by atoms with E-state index in [0.29, 0.717) is 240 Å². The van der Waals surface area contributed by atoms with Crippen molar-refractivity contribution in [2.24, 2.45) is 46.3 Å². The van der Waals surface area contributed by atoms with Gasteiger partial charge in [0, 0.05) is 18.8 Å². The van der Waals surface area contributed by atoms with Gasteiger partial charge in [-0.2, -0.15) is 0 Å². The van der Waals surface area contributed by atoms with Crippen LogP contribution in [0, 0.1) is 46.3 Å². The van der Waals surface area contributed by atoms with Gasteiger partial charge in [-0.15, -0.1) is 0 Å². The number of rotatable bonds is 64. The summed E-state index contributed by atoms with van der Waals surface area (Å²) >= 11 is 0. The SMILES string of the molecule is COCCOCCOCCOCCOCCOCCOCCOCCOCCOCCOCCOCCOCCOCCOCCOCCOCC(C(=O)NC1=CCCCC1)N(C(=O)[C@H](O)[C@@H](O)[C@H](O)[C@H](O)CO)C1CC[C@@]2(C)C(=CC[C@H]3[C@@H]4CC[C@H]([C@H](C)CCCC(C)C)[C@@]4(C)CC[C@@H]32)C1. The quantitative estimate of drug-likeness (QED) is 0.0323. The number of methoxy groups -OCH3 is 1. The molecule has 5 rings (SSSR count). The fourth-order valence-electron chi connectivity index (χ4n) is 15.4. The molecular formula is C75H136N2O24. The molecule has 26 nitrogen and oxygen atoms in total. The van der Waals surface area contributed by atoms with Crippen molar-refractivity contribution < 1.29 is 116 Å². The molecule has 0 radical (unpaired) electrons. The van der Waals surface area contributed by atoms with Crippen LogP contribution in [0.25, 0.3) is 0 Å². The molecular weight excluding hydrogens is 1310 g/mol. The lowest BCUT2D eigenvalue weighted by Crippen LogP contribution is -2.62. The minimum atomic E-state index is -2.22. The lowest BCUT2D eigenvalue weighted by molar-refractivity contribution is -0.168. The molecule has 6 N–H and O–H groups in total. The third-order valence-electron chi connectivity index (χ3n) is 20.9. The molecule has 0 aromatic carbocycles. The van der Waals surface area contributed by atoms with Gasteiger partial charge in [-0.3, -0.25) is 9.59 Å². The zero-order chi connectivity index (χ0) is 72.6. The average Bonchev–Trinajstić information content (AvgIpc) is 1.70. The number of amides is 2. The summed E-state index contributed by atoms with van der Waals surface area (Å²) in [7, 11) is 1.64. The van der Waals surface area contributed by atoms with E-state index in [1.54, 1.807) is 7.11 Å². The van der Waals surface area contributed by atoms with E-state index in [9.17, 15) is 35.1 Å². The van der Waals surface area contributed by atoms with Crippen LogP contribution in [0.5, 0.6) is 0 Å². The molecule has 2 unspecified atom stereocenters. The van der Waals surface area contributed by atoms with Crippen LogP contribution in [-0.2, 0) is 90.1 Å². The van der Waals surface area contributed by atoms with Gasteiger partial charge in [-0.1, -0.05) is 71.6 Å². The number of carbonyl (C=O) groups is 2. The number of aliphatic hydroxyl groups excluding tert-OH is 5. The van der Waals surface area contributed by atoms with E-state index >= 15 is 0 Å². The Balaban J connectivity index is 0.871. The molecule has 101 heavy (non-hydrogen) atoms. The zero-order valence-corrected chi connectivity index (χ0v) is 62.7. The van der Waals surface area contributed by atoms with E-state index in [4.69, 9.17) is 80.5 Å². The predicted octanol–water partition coefficient (Wildman–Crippen LogP) is 5.52. The van der Waals surface area contributed by atoms with E-state index < -0.39 is 54.9 Å². The van der Waals surface area contributed by atoms with Crippen LogP contribution in [0.2, 0.25) is 0 Å². The van der Waals surface area contributed by atoms with Crippen molar-refractivity contribution in [2.75, 3.05) is 232 Å². The summed E-state index contributed by atoms with van der Waals surface area (Å²) in [5, 5.41) is 56.5. The maximum atomic E-state index is 14.9. The first-order valence-corrected chi connectivity index (χ1v) is 38.2. The maximum absolute atomic E-state index is 14.9. The second kappa shape index (κ2) is 54.2. The summed E-state index contributed by atoms with van der Waals surface area (Å²) in [6, 6.07) is -1.79. The Morgan fingerprint density at radius 1 is 0.525 bits per heavy atom. The molecule has 2 amide bonds. The Hall–Kier alpha value is -2.46. The van der Waals surface area contributed by atoms with Crippen LogP contribution in [0.4, 0.5) is 0 Å². The van der Waals surface area contributed by atoms with Gasteiger partial charge in [-0.05, 0) is 123 Å². The topological polar surface area (TPSA) is 307 Å². The fraction of sp³-hybridized carbons (Fsp3) is 0.920. The lowest BCUT2D eigenvalue weighted by atomic mass is 9.46. The van der Waals surface area contributed by atoms with Crippen LogP contribution >= 0.6 is 0 Å². The zero-order valence-electron chi connectivity index (χ0n) is 62.7. The molecule has 0 heterocycles. The lowest BCUT2D eigenvalue weighted by Gasteiger charge is -2.59. The van der Waals surface area contributed by atoms with Gasteiger partial charge in [0.05, 0.1) is 225 Å². The van der Waals surface area contributed by atoms with E-state index in [1.165, 1.54) is 49.0 Å². The third kappa shape index (κ3) is 33.7. The highest BCUT2D eigenvalue weighted by atomic mass is 16.6. The van der Waals surface area contributed by atoms with E-state index in [2.05, 4.69) is 46.0 Å². The number of nitrogens with zero attached hydrogens (tertiary/aromatic N) is 1. The van der Waals surface area contributed by atoms with Crippen molar-refractivity contribution in [1.29, 1.82) is 0 Å². The van der Waals surface area contributed by atoms with Gasteiger partial charge >= 0.3 is 0 Å². The highest BCUT2D eigenvalue weighted by Crippen LogP contribution is 2.67. The van der Waals surface area contributed by atoms with Gasteiger partial charge in [0.25, 0.3) is 5.91 Å². The predicted molar refractivity (Wildman–Crippen MR) is 378 cm³/mol. The molecule has 5 aliphatic carbocycles. The minimum absolute atomic E-state index is 0.0879. The number of hydrogen-bond acceptors (Lipinski definition) is 24. The molecule has 590 valence electrons. The van der Waals surface area contributed by atoms with E-state index in [-0.39, 0.29) is 31.8 Å². The van der Waals surface area contributed by atoms with Crippen molar-refractivity contribution in [3.63, 3.8) is 0 Å². The molecule has 0 spiro atoms. The molecule has 0 aromatic rings. The first kappa shape index (κ1) is 89.2. The van der Waals surface area contributed by atoms with E-state index in [1.807, 2.05) is 6.08 Å². The van der Waals surface area contributed by atoms with Crippen LogP contribution in [0.3, 0.4) is 0 Å². The van der Waals surface area contributed by atoms with Crippen LogP contribution in [0.15, 0.2) is 23.4 Å². The summed E-state index contributed by atoms with van der Waals surface area (Å²) in [6.45, 7) is 25.1. The van der Waals surface area contributed by atoms with Gasteiger partial charge < -0.3 is 116 Å². The van der Waals surface area contributed by atoms with Crippen molar-refractivity contribution in [1.82, 2.24) is 10.2 Å². The molecule has 0 aliphatic heterocycles. The van der Waals surface area contributed by atoms with Crippen LogP contribution in [-0.4, -0.2) is 310 Å². The number of hydrogen-bond donors (Lipinski definition) is 6. The second-order valence-electron chi connectivity index (χ2n) is 28.3. The minimum Gasteiger partial charge on any atom is -0.394 e. The van der Waals surface area contributed by atoms with Crippen molar-refractivity contribution in [3.8, 4) is 0 Å². The van der Waals surface area contributed by atoms with Gasteiger partial charge in [0.2, 0.25) is 5.91 Å². The smallest absolute Gasteiger partial charge is 0.255 e. The van der Waals surface area contributed by atoms with Crippen molar-refractivity contribution >= 4 is 11.8 Å². The average molecular weight is 1450 g/mol. The standard InChI is InChI=1S/C75H136N2O24/c1-58(2)11-10-12-59(3)64-17-18-65-63-16-15-60-55-62(19-21-74(60,4)66(63)20-22-75(64,65)5)77(73(84)71(82)70(81)69(80)68(79)56-78)67(72(83)76-61-13-8-7-9-14-61)57-101-54-53-100-52-51-99-50-49-98-48-47-97-46-45-96-44-43-95-42-41-94-40-39-93-38-37-92-36-35-91-34-33-90-32-31-89-30-29-88-28-27-87-26-25-86-24-23-85-6/h13,15,58-59,62-71,78-82H,7-12,14,16-57H2,1-6H3,(H,76,83)/t59-,62?,63+,64-,65+,66+,67?,68-,69-,70+,71-,74+,75-/m1/s1. The molecule has 13 atom stereocenters. The monoisotopic (exact) mass is 1450 g/mol. The number of fused-ring (bicyclic) bond motifs is 5. The van der Waals surface area contributed by atoms with Gasteiger partial charge in [-0.25, -0.2) is 0 Å². The summed E-state index contributed by atoms with van der Waals surface area (Å²) in [6.07, 6.45) is 11.2. The highest BCUT2D eigenvalue weighted by Gasteiger charge is 2.60. The third-order valence-corrected chi connectivity index (χ3v) is 20.9. The first-order valence-electron chi connectivity index (χ1n) is 38.2. The number of nitrogens with one attached hydrogen (secondary N) is 1. The number of allylic oxidation sites excluding steroid dienone is 3. The van der Waals surface area contributed by atoms with Gasteiger partial charge in [0.15, 0.2) is 6.10 Å². The highest BCUT2D eigenvalue weighted by molar-refractivity contribution is 5.91. The Labute approximate surface area is 604 Å². The molecule has 26 heteroatoms. The first-order chi connectivity index (χ1) is 49.2. The fourth-order valence-corrected chi connectivity index (χ4v) is 15.4. The molecule has 3 saturated carbocycles. The second-order valence-corrected chi connectivity index (χ2v) is 28.3. The van der Waals surface area contributed by atoms with E-state index in [0.717, 1.165) is 56.1 Å². The van der Waals surface area contributed by atoms with Gasteiger partial charge in [0.1, 0.15) is 24.4 Å². The Morgan fingerprint density at radius 3 is 1.37 bits per heavy atom. The van der Waals surface area contributed by atoms with Crippen LogP contribution in [0.1, 0.15) is 131 Å². The summed E-state index contributed by atoms with van der Waals surface area (Å²) < 4.78 is 94.4. The number of aliphatic hydroxyl groups is 5. The summed E-state index contributed by atoms with van der Waals surface area (Å²) in [4.78, 5) is 30.9. The number of carbonyl (C=O) groups excluding carboxylic acids is 2. The Bertz CT molecular complexity index is 2170. The Morgan fingerprint density at radius 2 is 0.960 bits per heavy atom. The summed E-state index contributed by atoms with van der Waals surface area (Å²) in [5.74, 6) is 2.48. The largest absolute Gasteiger partial charge is 0.394 e. The molecule has 0 saturated heterocycles. The summed E-state index contributed by atoms with van der Waals surface area (Å²) in [5.41, 5.74) is 2.25. The molecule has 3 fully saturated rings.